The van der Waals surface area contributed by atoms with Gasteiger partial charge in [0, 0.05) is 32.3 Å². The van der Waals surface area contributed by atoms with Crippen LogP contribution in [0.5, 0.6) is 11.5 Å². The van der Waals surface area contributed by atoms with Crippen LogP contribution in [0, 0.1) is 10.1 Å². The second kappa shape index (κ2) is 7.98. The Balaban J connectivity index is 1.53. The molecule has 2 aliphatic heterocycles. The summed E-state index contributed by atoms with van der Waals surface area (Å²) < 4.78 is 11.7. The molecule has 4 rings (SSSR count). The zero-order valence-corrected chi connectivity index (χ0v) is 16.2. The van der Waals surface area contributed by atoms with Crippen LogP contribution in [0.3, 0.4) is 0 Å². The van der Waals surface area contributed by atoms with Gasteiger partial charge >= 0.3 is 0 Å². The van der Waals surface area contributed by atoms with Gasteiger partial charge in [-0.15, -0.1) is 0 Å². The minimum absolute atomic E-state index is 0.0872. The number of anilines is 1. The third kappa shape index (κ3) is 3.96. The smallest absolute Gasteiger partial charge is 0.270 e. The molecule has 8 nitrogen and oxygen atoms in total. The number of likely N-dealkylation sites (N-methyl/N-ethyl adjacent to an activating group) is 1. The minimum Gasteiger partial charge on any atom is -0.486 e. The minimum atomic E-state index is -0.473. The maximum atomic E-state index is 13.2. The Labute approximate surface area is 168 Å². The van der Waals surface area contributed by atoms with E-state index in [-0.39, 0.29) is 17.7 Å². The number of nitro groups is 1. The van der Waals surface area contributed by atoms with Crippen LogP contribution in [0.25, 0.3) is 0 Å². The van der Waals surface area contributed by atoms with Gasteiger partial charge in [-0.2, -0.15) is 0 Å². The summed E-state index contributed by atoms with van der Waals surface area (Å²) in [5.41, 5.74) is 1.01. The van der Waals surface area contributed by atoms with Gasteiger partial charge in [0.15, 0.2) is 17.6 Å². The van der Waals surface area contributed by atoms with Crippen LogP contribution in [-0.4, -0.2) is 55.1 Å². The normalized spacial score (nSPS) is 17.8. The third-order valence-electron chi connectivity index (χ3n) is 5.26. The van der Waals surface area contributed by atoms with E-state index in [0.29, 0.717) is 30.2 Å². The van der Waals surface area contributed by atoms with Crippen LogP contribution in [-0.2, 0) is 0 Å². The Bertz CT molecular complexity index is 926. The topological polar surface area (TPSA) is 85.1 Å². The van der Waals surface area contributed by atoms with Crippen LogP contribution in [0.4, 0.5) is 11.4 Å². The van der Waals surface area contributed by atoms with Crippen molar-refractivity contribution >= 4 is 17.3 Å². The predicted octanol–water partition coefficient (Wildman–Crippen LogP) is 3.11. The first-order valence-electron chi connectivity index (χ1n) is 9.70. The second-order valence-electron chi connectivity index (χ2n) is 7.34. The van der Waals surface area contributed by atoms with Gasteiger partial charge < -0.3 is 19.3 Å². The summed E-state index contributed by atoms with van der Waals surface area (Å²) in [6.45, 7) is 2.34. The first kappa shape index (κ1) is 19.0. The van der Waals surface area contributed by atoms with Crippen molar-refractivity contribution in [3.05, 3.63) is 58.1 Å². The molecule has 1 fully saturated rings. The second-order valence-corrected chi connectivity index (χ2v) is 7.34. The number of nitro benzene ring substituents is 1. The summed E-state index contributed by atoms with van der Waals surface area (Å²) in [5.74, 6) is 1.07. The molecular weight excluding hydrogens is 374 g/mol. The molecule has 0 saturated carbocycles. The molecule has 0 spiro atoms. The molecule has 2 aromatic carbocycles. The highest BCUT2D eigenvalue weighted by Crippen LogP contribution is 2.32. The molecule has 2 aromatic rings. The van der Waals surface area contributed by atoms with E-state index in [1.54, 1.807) is 18.0 Å². The molecule has 0 N–H and O–H groups in total. The van der Waals surface area contributed by atoms with Gasteiger partial charge in [0.2, 0.25) is 0 Å². The van der Waals surface area contributed by atoms with Gasteiger partial charge in [0.1, 0.15) is 6.61 Å². The van der Waals surface area contributed by atoms with E-state index in [2.05, 4.69) is 4.90 Å². The first-order valence-corrected chi connectivity index (χ1v) is 9.70. The van der Waals surface area contributed by atoms with Crippen molar-refractivity contribution in [1.29, 1.82) is 0 Å². The summed E-state index contributed by atoms with van der Waals surface area (Å²) in [6.07, 6.45) is 1.79. The quantitative estimate of drug-likeness (QED) is 0.569. The monoisotopic (exact) mass is 397 g/mol. The number of benzene rings is 2. The lowest BCUT2D eigenvalue weighted by molar-refractivity contribution is -0.384. The molecule has 1 saturated heterocycles. The number of carbonyl (C=O) groups excluding carboxylic acids is 1. The first-order chi connectivity index (χ1) is 14.0. The highest BCUT2D eigenvalue weighted by molar-refractivity contribution is 6.00. The molecule has 0 aliphatic carbocycles. The van der Waals surface area contributed by atoms with Gasteiger partial charge in [-0.3, -0.25) is 14.9 Å². The zero-order chi connectivity index (χ0) is 20.4. The van der Waals surface area contributed by atoms with Gasteiger partial charge in [-0.05, 0) is 31.0 Å². The lowest BCUT2D eigenvalue weighted by Gasteiger charge is -2.30. The average Bonchev–Trinajstić information content (AvgIpc) is 3.27. The van der Waals surface area contributed by atoms with Crippen molar-refractivity contribution in [2.45, 2.75) is 18.9 Å². The average molecular weight is 397 g/mol. The number of fused-ring (bicyclic) bond motifs is 1. The highest BCUT2D eigenvalue weighted by atomic mass is 16.6. The number of non-ortho nitro benzene ring substituents is 1. The van der Waals surface area contributed by atoms with Crippen LogP contribution in [0.15, 0.2) is 42.5 Å². The number of rotatable bonds is 5. The Morgan fingerprint density at radius 1 is 1.21 bits per heavy atom. The zero-order valence-electron chi connectivity index (χ0n) is 16.2. The number of hydrogen-bond donors (Lipinski definition) is 0. The molecule has 29 heavy (non-hydrogen) atoms. The van der Waals surface area contributed by atoms with Crippen molar-refractivity contribution in [1.82, 2.24) is 4.90 Å². The summed E-state index contributed by atoms with van der Waals surface area (Å²) in [6, 6.07) is 11.9. The number of ether oxygens (including phenoxy) is 2. The number of carbonyl (C=O) groups is 1. The van der Waals surface area contributed by atoms with Crippen LogP contribution >= 0.6 is 0 Å². The maximum Gasteiger partial charge on any atom is 0.270 e. The van der Waals surface area contributed by atoms with Crippen LogP contribution < -0.4 is 14.4 Å². The van der Waals surface area contributed by atoms with Crippen molar-refractivity contribution < 1.29 is 19.2 Å². The summed E-state index contributed by atoms with van der Waals surface area (Å²) >= 11 is 0. The lowest BCUT2D eigenvalue weighted by atomic mass is 10.1. The maximum absolute atomic E-state index is 13.2. The molecule has 2 aliphatic rings. The summed E-state index contributed by atoms with van der Waals surface area (Å²) in [5, 5.41) is 11.2. The number of amides is 1. The van der Waals surface area contributed by atoms with E-state index in [1.165, 1.54) is 12.1 Å². The van der Waals surface area contributed by atoms with Crippen molar-refractivity contribution in [3.63, 3.8) is 0 Å². The molecule has 2 heterocycles. The SMILES string of the molecule is CN(CC1COc2ccccc2O1)C(=O)c1cc([N+](=O)[O-])ccc1N1CCCC1. The summed E-state index contributed by atoms with van der Waals surface area (Å²) in [4.78, 5) is 27.6. The fourth-order valence-electron chi connectivity index (χ4n) is 3.79. The van der Waals surface area contributed by atoms with E-state index >= 15 is 0 Å². The van der Waals surface area contributed by atoms with E-state index in [4.69, 9.17) is 9.47 Å². The number of hydrogen-bond acceptors (Lipinski definition) is 6. The van der Waals surface area contributed by atoms with E-state index < -0.39 is 4.92 Å². The fourth-order valence-corrected chi connectivity index (χ4v) is 3.79. The largest absolute Gasteiger partial charge is 0.486 e. The van der Waals surface area contributed by atoms with E-state index in [9.17, 15) is 14.9 Å². The molecule has 0 aromatic heterocycles. The molecule has 1 atom stereocenters. The van der Waals surface area contributed by atoms with Crippen LogP contribution in [0.1, 0.15) is 23.2 Å². The molecule has 8 heteroatoms. The fraction of sp³-hybridized carbons (Fsp3) is 0.381. The molecule has 0 bridgehead atoms. The Morgan fingerprint density at radius 3 is 2.66 bits per heavy atom. The highest BCUT2D eigenvalue weighted by Gasteiger charge is 2.28. The molecule has 1 amide bonds. The molecular formula is C21H23N3O5. The van der Waals surface area contributed by atoms with Gasteiger partial charge in [-0.25, -0.2) is 0 Å². The molecule has 1 unspecified atom stereocenters. The Hall–Kier alpha value is -3.29. The van der Waals surface area contributed by atoms with Gasteiger partial charge in [-0.1, -0.05) is 12.1 Å². The number of nitrogens with zero attached hydrogens (tertiary/aromatic N) is 3. The number of para-hydroxylation sites is 2. The van der Waals surface area contributed by atoms with Gasteiger partial charge in [0.25, 0.3) is 11.6 Å². The van der Waals surface area contributed by atoms with Crippen molar-refractivity contribution in [2.75, 3.05) is 38.2 Å². The summed E-state index contributed by atoms with van der Waals surface area (Å²) in [7, 11) is 1.68. The molecule has 152 valence electrons. The predicted molar refractivity (Wildman–Crippen MR) is 108 cm³/mol. The third-order valence-corrected chi connectivity index (χ3v) is 5.26. The standard InChI is InChI=1S/C21H23N3O5/c1-22(13-16-14-28-19-6-2-3-7-20(19)29-16)21(25)17-12-15(24(26)27)8-9-18(17)23-10-4-5-11-23/h2-3,6-9,12,16H,4-5,10-11,13-14H2,1H3. The Kier molecular flexibility index (Phi) is 5.24. The lowest BCUT2D eigenvalue weighted by Crippen LogP contribution is -2.42. The van der Waals surface area contributed by atoms with Gasteiger partial charge in [0.05, 0.1) is 22.7 Å². The molecule has 0 radical (unpaired) electrons. The Morgan fingerprint density at radius 2 is 1.93 bits per heavy atom. The van der Waals surface area contributed by atoms with Crippen LogP contribution in [0.2, 0.25) is 0 Å². The van der Waals surface area contributed by atoms with E-state index in [1.807, 2.05) is 24.3 Å². The van der Waals surface area contributed by atoms with E-state index in [0.717, 1.165) is 31.6 Å². The van der Waals surface area contributed by atoms with Crippen molar-refractivity contribution in [3.8, 4) is 11.5 Å². The van der Waals surface area contributed by atoms with Crippen molar-refractivity contribution in [2.24, 2.45) is 0 Å².